The van der Waals surface area contributed by atoms with Gasteiger partial charge in [0, 0.05) is 5.54 Å². The van der Waals surface area contributed by atoms with Gasteiger partial charge in [0.05, 0.1) is 0 Å². The minimum atomic E-state index is 0. The average Bonchev–Trinajstić information content (AvgIpc) is 2.39. The summed E-state index contributed by atoms with van der Waals surface area (Å²) in [4.78, 5) is 0. The lowest BCUT2D eigenvalue weighted by Gasteiger charge is -2.27. The van der Waals surface area contributed by atoms with Gasteiger partial charge in [-0.2, -0.15) is 0 Å². The van der Waals surface area contributed by atoms with Crippen LogP contribution in [0.4, 0.5) is 0 Å². The summed E-state index contributed by atoms with van der Waals surface area (Å²) < 4.78 is 0. The van der Waals surface area contributed by atoms with Crippen molar-refractivity contribution in [3.8, 4) is 0 Å². The topological polar surface area (TPSA) is 26.0 Å². The molecule has 0 atom stereocenters. The van der Waals surface area contributed by atoms with Gasteiger partial charge < -0.3 is 5.73 Å². The van der Waals surface area contributed by atoms with E-state index in [-0.39, 0.29) is 12.4 Å². The first-order valence-corrected chi connectivity index (χ1v) is 4.07. The molecule has 0 amide bonds. The van der Waals surface area contributed by atoms with Crippen LogP contribution in [0, 0.1) is 5.92 Å². The Morgan fingerprint density at radius 1 is 1.30 bits per heavy atom. The minimum Gasteiger partial charge on any atom is -0.325 e. The van der Waals surface area contributed by atoms with Gasteiger partial charge in [-0.1, -0.05) is 19.3 Å². The van der Waals surface area contributed by atoms with E-state index in [1.54, 1.807) is 0 Å². The Kier molecular flexibility index (Phi) is 2.26. The van der Waals surface area contributed by atoms with Crippen molar-refractivity contribution in [2.75, 3.05) is 0 Å². The van der Waals surface area contributed by atoms with E-state index in [1.165, 1.54) is 38.5 Å². The predicted octanol–water partition coefficient (Wildman–Crippen LogP) is 2.09. The normalized spacial score (nSPS) is 28.5. The number of hydrogen-bond donors (Lipinski definition) is 1. The molecule has 0 spiro atoms. The fourth-order valence-electron chi connectivity index (χ4n) is 1.64. The molecule has 2 aliphatic carbocycles. The smallest absolute Gasteiger partial charge is 0.0158 e. The monoisotopic (exact) mass is 161 g/mol. The van der Waals surface area contributed by atoms with E-state index in [2.05, 4.69) is 0 Å². The van der Waals surface area contributed by atoms with Crippen LogP contribution >= 0.6 is 12.4 Å². The van der Waals surface area contributed by atoms with Crippen LogP contribution in [0.2, 0.25) is 0 Å². The molecule has 0 aromatic rings. The molecule has 0 bridgehead atoms. The van der Waals surface area contributed by atoms with Crippen molar-refractivity contribution in [2.24, 2.45) is 11.7 Å². The molecule has 2 aliphatic rings. The van der Waals surface area contributed by atoms with E-state index in [9.17, 15) is 0 Å². The summed E-state index contributed by atoms with van der Waals surface area (Å²) in [6.45, 7) is 0. The van der Waals surface area contributed by atoms with Crippen molar-refractivity contribution in [3.05, 3.63) is 0 Å². The first-order valence-electron chi connectivity index (χ1n) is 4.07. The van der Waals surface area contributed by atoms with E-state index < -0.39 is 0 Å². The number of rotatable bonds is 2. The SMILES string of the molecule is Cl.NC1(CC2CCC2)CC1. The van der Waals surface area contributed by atoms with Crippen molar-refractivity contribution in [2.45, 2.75) is 44.1 Å². The summed E-state index contributed by atoms with van der Waals surface area (Å²) in [7, 11) is 0. The van der Waals surface area contributed by atoms with Gasteiger partial charge in [-0.15, -0.1) is 12.4 Å². The molecular weight excluding hydrogens is 146 g/mol. The number of hydrogen-bond acceptors (Lipinski definition) is 1. The van der Waals surface area contributed by atoms with Crippen molar-refractivity contribution in [1.29, 1.82) is 0 Å². The fourth-order valence-corrected chi connectivity index (χ4v) is 1.64. The quantitative estimate of drug-likeness (QED) is 0.660. The molecule has 0 aromatic heterocycles. The Balaban J connectivity index is 0.000000500. The summed E-state index contributed by atoms with van der Waals surface area (Å²) >= 11 is 0. The van der Waals surface area contributed by atoms with Gasteiger partial charge in [0.1, 0.15) is 0 Å². The zero-order chi connectivity index (χ0) is 6.32. The van der Waals surface area contributed by atoms with Crippen LogP contribution in [0.1, 0.15) is 38.5 Å². The van der Waals surface area contributed by atoms with Crippen LogP contribution in [0.3, 0.4) is 0 Å². The second kappa shape index (κ2) is 2.71. The highest BCUT2D eigenvalue weighted by Crippen LogP contribution is 2.43. The molecule has 0 aromatic carbocycles. The lowest BCUT2D eigenvalue weighted by Crippen LogP contribution is -2.28. The lowest BCUT2D eigenvalue weighted by atomic mass is 9.80. The molecule has 0 unspecified atom stereocenters. The van der Waals surface area contributed by atoms with E-state index in [0.717, 1.165) is 5.92 Å². The second-order valence-corrected chi connectivity index (χ2v) is 3.86. The van der Waals surface area contributed by atoms with Gasteiger partial charge in [0.25, 0.3) is 0 Å². The van der Waals surface area contributed by atoms with Crippen LogP contribution in [0.25, 0.3) is 0 Å². The van der Waals surface area contributed by atoms with Crippen molar-refractivity contribution in [1.82, 2.24) is 0 Å². The standard InChI is InChI=1S/C8H15N.ClH/c9-8(4-5-8)6-7-2-1-3-7;/h7H,1-6,9H2;1H. The summed E-state index contributed by atoms with van der Waals surface area (Å²) in [6, 6.07) is 0. The molecule has 2 rings (SSSR count). The van der Waals surface area contributed by atoms with Gasteiger partial charge >= 0.3 is 0 Å². The zero-order valence-electron chi connectivity index (χ0n) is 6.31. The molecule has 0 aliphatic heterocycles. The van der Waals surface area contributed by atoms with Gasteiger partial charge in [-0.3, -0.25) is 0 Å². The van der Waals surface area contributed by atoms with Crippen LogP contribution in [-0.4, -0.2) is 5.54 Å². The molecule has 2 heteroatoms. The highest BCUT2D eigenvalue weighted by molar-refractivity contribution is 5.85. The molecule has 60 valence electrons. The molecular formula is C8H16ClN. The lowest BCUT2D eigenvalue weighted by molar-refractivity contribution is 0.270. The Morgan fingerprint density at radius 3 is 2.20 bits per heavy atom. The third kappa shape index (κ3) is 1.64. The second-order valence-electron chi connectivity index (χ2n) is 3.86. The summed E-state index contributed by atoms with van der Waals surface area (Å²) in [5.74, 6) is 1.01. The molecule has 2 fully saturated rings. The maximum absolute atomic E-state index is 5.96. The maximum atomic E-state index is 5.96. The van der Waals surface area contributed by atoms with Crippen molar-refractivity contribution < 1.29 is 0 Å². The Labute approximate surface area is 68.8 Å². The van der Waals surface area contributed by atoms with E-state index in [4.69, 9.17) is 5.73 Å². The third-order valence-corrected chi connectivity index (χ3v) is 2.81. The first-order chi connectivity index (χ1) is 4.29. The van der Waals surface area contributed by atoms with Crippen molar-refractivity contribution >= 4 is 12.4 Å². The maximum Gasteiger partial charge on any atom is 0.0158 e. The van der Waals surface area contributed by atoms with E-state index in [0.29, 0.717) is 5.54 Å². The zero-order valence-corrected chi connectivity index (χ0v) is 7.12. The molecule has 0 saturated heterocycles. The Bertz CT molecular complexity index is 116. The minimum absolute atomic E-state index is 0. The summed E-state index contributed by atoms with van der Waals surface area (Å²) in [5.41, 5.74) is 6.28. The highest BCUT2D eigenvalue weighted by atomic mass is 35.5. The Morgan fingerprint density at radius 2 is 1.90 bits per heavy atom. The van der Waals surface area contributed by atoms with Crippen LogP contribution < -0.4 is 5.73 Å². The van der Waals surface area contributed by atoms with Gasteiger partial charge in [-0.25, -0.2) is 0 Å². The van der Waals surface area contributed by atoms with Crippen LogP contribution in [0.5, 0.6) is 0 Å². The molecule has 10 heavy (non-hydrogen) atoms. The molecule has 2 N–H and O–H groups in total. The number of halogens is 1. The van der Waals surface area contributed by atoms with Gasteiger partial charge in [0.15, 0.2) is 0 Å². The highest BCUT2D eigenvalue weighted by Gasteiger charge is 2.40. The van der Waals surface area contributed by atoms with Crippen LogP contribution in [-0.2, 0) is 0 Å². The summed E-state index contributed by atoms with van der Waals surface area (Å²) in [6.07, 6.45) is 8.29. The molecule has 0 radical (unpaired) electrons. The van der Waals surface area contributed by atoms with Gasteiger partial charge in [0.2, 0.25) is 0 Å². The third-order valence-electron chi connectivity index (χ3n) is 2.81. The van der Waals surface area contributed by atoms with Crippen molar-refractivity contribution in [3.63, 3.8) is 0 Å². The fraction of sp³-hybridized carbons (Fsp3) is 1.00. The van der Waals surface area contributed by atoms with Crippen LogP contribution in [0.15, 0.2) is 0 Å². The average molecular weight is 162 g/mol. The summed E-state index contributed by atoms with van der Waals surface area (Å²) in [5, 5.41) is 0. The van der Waals surface area contributed by atoms with E-state index >= 15 is 0 Å². The molecule has 0 heterocycles. The molecule has 1 nitrogen and oxygen atoms in total. The Hall–Kier alpha value is 0.250. The predicted molar refractivity (Wildman–Crippen MR) is 45.4 cm³/mol. The largest absolute Gasteiger partial charge is 0.325 e. The first kappa shape index (κ1) is 8.35. The van der Waals surface area contributed by atoms with Gasteiger partial charge in [-0.05, 0) is 25.2 Å². The van der Waals surface area contributed by atoms with E-state index in [1.807, 2.05) is 0 Å². The molecule has 2 saturated carbocycles. The number of nitrogens with two attached hydrogens (primary N) is 1.